The number of likely N-dealkylation sites (N-methyl/N-ethyl adjacent to an activating group) is 1. The normalized spacial score (nSPS) is 19.9. The van der Waals surface area contributed by atoms with Crippen LogP contribution in [0.15, 0.2) is 36.4 Å². The highest BCUT2D eigenvalue weighted by Gasteiger charge is 2.39. The van der Waals surface area contributed by atoms with Crippen molar-refractivity contribution in [3.63, 3.8) is 0 Å². The smallest absolute Gasteiger partial charge is 0.246 e. The molecule has 2 amide bonds. The number of rotatable bonds is 8. The van der Waals surface area contributed by atoms with Crippen molar-refractivity contribution in [2.24, 2.45) is 5.92 Å². The number of likely N-dealkylation sites (tertiary alicyclic amines) is 1. The first-order valence-corrected chi connectivity index (χ1v) is 13.2. The Morgan fingerprint density at radius 3 is 2.54 bits per heavy atom. The second kappa shape index (κ2) is 12.0. The minimum absolute atomic E-state index is 0.0591. The van der Waals surface area contributed by atoms with Gasteiger partial charge in [-0.05, 0) is 69.8 Å². The molecule has 7 nitrogen and oxygen atoms in total. The topological polar surface area (TPSA) is 77.6 Å². The number of nitrogens with zero attached hydrogens (tertiary/aromatic N) is 3. The van der Waals surface area contributed by atoms with Gasteiger partial charge in [-0.25, -0.2) is 13.8 Å². The van der Waals surface area contributed by atoms with Crippen LogP contribution in [0.4, 0.5) is 20.3 Å². The molecule has 37 heavy (non-hydrogen) atoms. The van der Waals surface area contributed by atoms with E-state index in [-0.39, 0.29) is 29.5 Å². The van der Waals surface area contributed by atoms with Crippen LogP contribution in [0.25, 0.3) is 0 Å². The maximum Gasteiger partial charge on any atom is 0.246 e. The number of carbonyl (C=O) groups is 2. The summed E-state index contributed by atoms with van der Waals surface area (Å²) in [6.07, 6.45) is 6.72. The van der Waals surface area contributed by atoms with E-state index in [2.05, 4.69) is 10.6 Å². The Hall–Kier alpha value is -3.07. The van der Waals surface area contributed by atoms with Gasteiger partial charge < -0.3 is 20.4 Å². The van der Waals surface area contributed by atoms with Crippen LogP contribution < -0.4 is 15.5 Å². The highest BCUT2D eigenvalue weighted by molar-refractivity contribution is 5.90. The zero-order valence-electron chi connectivity index (χ0n) is 21.8. The summed E-state index contributed by atoms with van der Waals surface area (Å²) in [5, 5.41) is 6.01. The molecule has 9 heteroatoms. The van der Waals surface area contributed by atoms with Crippen LogP contribution in [-0.4, -0.2) is 54.4 Å². The van der Waals surface area contributed by atoms with E-state index in [0.29, 0.717) is 12.4 Å². The van der Waals surface area contributed by atoms with Gasteiger partial charge in [0.05, 0.1) is 23.5 Å². The Morgan fingerprint density at radius 1 is 1.08 bits per heavy atom. The molecule has 1 aromatic heterocycles. The number of carbonyl (C=O) groups excluding carboxylic acids is 2. The van der Waals surface area contributed by atoms with E-state index >= 15 is 0 Å². The quantitative estimate of drug-likeness (QED) is 0.545. The summed E-state index contributed by atoms with van der Waals surface area (Å²) < 4.78 is 27.8. The molecule has 1 saturated carbocycles. The van der Waals surface area contributed by atoms with Crippen molar-refractivity contribution in [2.45, 2.75) is 70.0 Å². The molecule has 1 saturated heterocycles. The number of anilines is 2. The van der Waals surface area contributed by atoms with Gasteiger partial charge in [0.15, 0.2) is 0 Å². The van der Waals surface area contributed by atoms with Crippen LogP contribution in [0.5, 0.6) is 0 Å². The minimum Gasteiger partial charge on any atom is -0.343 e. The molecule has 2 fully saturated rings. The van der Waals surface area contributed by atoms with Crippen LogP contribution >= 0.6 is 0 Å². The van der Waals surface area contributed by atoms with Crippen LogP contribution in [0.1, 0.15) is 63.6 Å². The summed E-state index contributed by atoms with van der Waals surface area (Å²) in [4.78, 5) is 34.9. The van der Waals surface area contributed by atoms with Gasteiger partial charge in [-0.3, -0.25) is 9.59 Å². The van der Waals surface area contributed by atoms with Gasteiger partial charge in [-0.2, -0.15) is 0 Å². The highest BCUT2D eigenvalue weighted by atomic mass is 19.1. The van der Waals surface area contributed by atoms with Crippen LogP contribution in [0.2, 0.25) is 0 Å². The van der Waals surface area contributed by atoms with E-state index in [0.717, 1.165) is 56.7 Å². The maximum atomic E-state index is 14.4. The molecule has 0 bridgehead atoms. The number of halogens is 2. The molecule has 4 rings (SSSR count). The van der Waals surface area contributed by atoms with Gasteiger partial charge >= 0.3 is 0 Å². The van der Waals surface area contributed by atoms with Gasteiger partial charge in [0.2, 0.25) is 11.8 Å². The molecule has 0 radical (unpaired) electrons. The fourth-order valence-electron chi connectivity index (χ4n) is 5.46. The second-order valence-electron chi connectivity index (χ2n) is 10.2. The first kappa shape index (κ1) is 27.0. The molecule has 2 aliphatic rings. The number of nitrogens with one attached hydrogen (secondary N) is 2. The average Bonchev–Trinajstić information content (AvgIpc) is 3.41. The van der Waals surface area contributed by atoms with E-state index in [4.69, 9.17) is 4.98 Å². The summed E-state index contributed by atoms with van der Waals surface area (Å²) in [7, 11) is 3.41. The van der Waals surface area contributed by atoms with Crippen molar-refractivity contribution in [3.05, 3.63) is 53.7 Å². The molecule has 1 aromatic carbocycles. The molecule has 2 heterocycles. The summed E-state index contributed by atoms with van der Waals surface area (Å²) >= 11 is 0. The fraction of sp³-hybridized carbons (Fsp3) is 0.536. The number of hydrogen-bond acceptors (Lipinski definition) is 5. The van der Waals surface area contributed by atoms with Crippen molar-refractivity contribution < 1.29 is 18.4 Å². The Kier molecular flexibility index (Phi) is 8.74. The molecule has 2 N–H and O–H groups in total. The van der Waals surface area contributed by atoms with Crippen LogP contribution in [0, 0.1) is 17.6 Å². The maximum absolute atomic E-state index is 14.4. The first-order chi connectivity index (χ1) is 17.8. The van der Waals surface area contributed by atoms with Crippen molar-refractivity contribution in [1.82, 2.24) is 20.5 Å². The van der Waals surface area contributed by atoms with Gasteiger partial charge in [0, 0.05) is 19.7 Å². The molecule has 200 valence electrons. The second-order valence-corrected chi connectivity index (χ2v) is 10.2. The van der Waals surface area contributed by atoms with Crippen molar-refractivity contribution in [2.75, 3.05) is 25.5 Å². The van der Waals surface area contributed by atoms with Crippen LogP contribution in [0.3, 0.4) is 0 Å². The molecule has 1 aliphatic carbocycles. The number of hydrogen-bond donors (Lipinski definition) is 2. The van der Waals surface area contributed by atoms with E-state index < -0.39 is 23.7 Å². The Labute approximate surface area is 217 Å². The largest absolute Gasteiger partial charge is 0.343 e. The van der Waals surface area contributed by atoms with E-state index in [1.54, 1.807) is 32.0 Å². The predicted molar refractivity (Wildman–Crippen MR) is 139 cm³/mol. The average molecular weight is 514 g/mol. The zero-order chi connectivity index (χ0) is 26.5. The highest BCUT2D eigenvalue weighted by Crippen LogP contribution is 2.35. The third-order valence-electron chi connectivity index (χ3n) is 7.76. The summed E-state index contributed by atoms with van der Waals surface area (Å²) in [5.74, 6) is -0.930. The third-order valence-corrected chi connectivity index (χ3v) is 7.76. The van der Waals surface area contributed by atoms with Crippen molar-refractivity contribution >= 4 is 23.3 Å². The molecular formula is C28H37F2N5O2. The zero-order valence-corrected chi connectivity index (χ0v) is 21.8. The summed E-state index contributed by atoms with van der Waals surface area (Å²) in [6, 6.07) is 7.73. The lowest BCUT2D eigenvalue weighted by Crippen LogP contribution is -2.55. The van der Waals surface area contributed by atoms with E-state index in [1.165, 1.54) is 12.1 Å². The number of amides is 2. The Bertz CT molecular complexity index is 1110. The molecule has 3 atom stereocenters. The molecule has 0 unspecified atom stereocenters. The first-order valence-electron chi connectivity index (χ1n) is 13.2. The van der Waals surface area contributed by atoms with Gasteiger partial charge in [-0.1, -0.05) is 25.3 Å². The number of pyridine rings is 1. The van der Waals surface area contributed by atoms with Crippen molar-refractivity contribution in [1.29, 1.82) is 0 Å². The number of benzene rings is 1. The molecular weight excluding hydrogens is 476 g/mol. The SMILES string of the molecule is CN[C@@H](C)C(=O)N[C@H](C(=O)N1CCC[C@H]1c1cccc(N(C)c2ccc(F)cc2F)n1)C1CCCCC1. The predicted octanol–water partition coefficient (Wildman–Crippen LogP) is 4.46. The fourth-order valence-corrected chi connectivity index (χ4v) is 5.46. The monoisotopic (exact) mass is 513 g/mol. The molecule has 2 aromatic rings. The lowest BCUT2D eigenvalue weighted by atomic mass is 9.83. The van der Waals surface area contributed by atoms with E-state index in [9.17, 15) is 18.4 Å². The van der Waals surface area contributed by atoms with Gasteiger partial charge in [0.25, 0.3) is 0 Å². The lowest BCUT2D eigenvalue weighted by molar-refractivity contribution is -0.139. The minimum atomic E-state index is -0.672. The Morgan fingerprint density at radius 2 is 1.84 bits per heavy atom. The summed E-state index contributed by atoms with van der Waals surface area (Å²) in [5.41, 5.74) is 0.930. The molecule has 1 aliphatic heterocycles. The third kappa shape index (κ3) is 6.09. The van der Waals surface area contributed by atoms with Gasteiger partial charge in [-0.15, -0.1) is 0 Å². The van der Waals surface area contributed by atoms with Crippen LogP contribution in [-0.2, 0) is 9.59 Å². The standard InChI is InChI=1S/C28H37F2N5O2/c1-18(31-2)27(36)33-26(19-9-5-4-6-10-19)28(37)35-16-8-12-24(35)22-11-7-13-25(32-22)34(3)23-15-14-20(29)17-21(23)30/h7,11,13-15,17-19,24,26,31H,4-6,8-10,12,16H2,1-3H3,(H,33,36)/t18-,24-,26-/m0/s1. The number of aromatic nitrogens is 1. The molecule has 0 spiro atoms. The van der Waals surface area contributed by atoms with E-state index in [1.807, 2.05) is 17.0 Å². The van der Waals surface area contributed by atoms with Gasteiger partial charge in [0.1, 0.15) is 23.5 Å². The lowest BCUT2D eigenvalue weighted by Gasteiger charge is -2.35. The van der Waals surface area contributed by atoms with Crippen molar-refractivity contribution in [3.8, 4) is 0 Å². The Balaban J connectivity index is 1.57. The summed E-state index contributed by atoms with van der Waals surface area (Å²) in [6.45, 7) is 2.38.